The summed E-state index contributed by atoms with van der Waals surface area (Å²) in [5.74, 6) is 0.530. The normalized spacial score (nSPS) is 21.4. The fourth-order valence-electron chi connectivity index (χ4n) is 3.29. The van der Waals surface area contributed by atoms with Gasteiger partial charge < -0.3 is 15.4 Å². The van der Waals surface area contributed by atoms with Crippen molar-refractivity contribution in [3.63, 3.8) is 0 Å². The zero-order valence-corrected chi connectivity index (χ0v) is 14.5. The number of benzene rings is 1. The van der Waals surface area contributed by atoms with Crippen LogP contribution < -0.4 is 15.4 Å². The van der Waals surface area contributed by atoms with Crippen LogP contribution in [0.15, 0.2) is 18.2 Å². The smallest absolute Gasteiger partial charge is 0.410 e. The molecule has 0 aromatic heterocycles. The van der Waals surface area contributed by atoms with Crippen LogP contribution in [0, 0.1) is 0 Å². The van der Waals surface area contributed by atoms with Gasteiger partial charge in [-0.25, -0.2) is 4.79 Å². The summed E-state index contributed by atoms with van der Waals surface area (Å²) in [6.07, 6.45) is 4.73. The minimum Gasteiger partial charge on any atom is -0.410 e. The highest BCUT2D eigenvalue weighted by molar-refractivity contribution is 7.80. The van der Waals surface area contributed by atoms with Crippen molar-refractivity contribution in [2.75, 3.05) is 7.05 Å². The minimum atomic E-state index is -0.368. The zero-order valence-electron chi connectivity index (χ0n) is 13.0. The van der Waals surface area contributed by atoms with Crippen molar-refractivity contribution in [1.82, 2.24) is 15.5 Å². The number of carbonyl (C=O) groups is 1. The van der Waals surface area contributed by atoms with E-state index >= 15 is 0 Å². The Morgan fingerprint density at radius 2 is 2.09 bits per heavy atom. The predicted octanol–water partition coefficient (Wildman–Crippen LogP) is 3.58. The Hall–Kier alpha value is -1.53. The lowest BCUT2D eigenvalue weighted by atomic mass is 9.93. The molecule has 3 rings (SSSR count). The van der Waals surface area contributed by atoms with E-state index < -0.39 is 0 Å². The molecule has 0 radical (unpaired) electrons. The molecule has 1 amide bonds. The van der Waals surface area contributed by atoms with Gasteiger partial charge in [0, 0.05) is 23.7 Å². The van der Waals surface area contributed by atoms with Gasteiger partial charge in [-0.3, -0.25) is 4.90 Å². The van der Waals surface area contributed by atoms with E-state index in [-0.39, 0.29) is 18.3 Å². The van der Waals surface area contributed by atoms with Gasteiger partial charge in [0.05, 0.1) is 0 Å². The molecule has 0 spiro atoms. The number of hydrogen-bond donors (Lipinski definition) is 2. The van der Waals surface area contributed by atoms with E-state index in [1.54, 1.807) is 24.1 Å². The quantitative estimate of drug-likeness (QED) is 0.796. The number of thiocarbonyl (C=S) groups is 1. The van der Waals surface area contributed by atoms with Crippen molar-refractivity contribution >= 4 is 35.0 Å². The number of carbonyl (C=O) groups excluding carboxylic acids is 1. The molecule has 1 aromatic carbocycles. The lowest BCUT2D eigenvalue weighted by Crippen LogP contribution is -2.54. The van der Waals surface area contributed by atoms with Gasteiger partial charge in [-0.1, -0.05) is 30.9 Å². The highest BCUT2D eigenvalue weighted by atomic mass is 35.5. The number of hydrogen-bond acceptors (Lipinski definition) is 3. The van der Waals surface area contributed by atoms with E-state index in [9.17, 15) is 4.79 Å². The SMILES string of the molecule is CNC(=S)NC1c2cc(Cl)ccc2OC(=O)N1C1CCCCC1. The van der Waals surface area contributed by atoms with Crippen LogP contribution in [0.2, 0.25) is 5.02 Å². The number of ether oxygens (including phenoxy) is 1. The standard InChI is InChI=1S/C16H20ClN3O2S/c1-18-15(23)19-14-12-9-10(17)7-8-13(12)22-16(21)20(14)11-5-3-2-4-6-11/h7-9,11,14H,2-6H2,1H3,(H2,18,19,23). The molecule has 1 aromatic rings. The molecule has 1 saturated carbocycles. The number of nitrogens with zero attached hydrogens (tertiary/aromatic N) is 1. The molecule has 1 atom stereocenters. The minimum absolute atomic E-state index is 0.153. The molecule has 5 nitrogen and oxygen atoms in total. The maximum absolute atomic E-state index is 12.6. The fourth-order valence-corrected chi connectivity index (χ4v) is 3.58. The van der Waals surface area contributed by atoms with Crippen LogP contribution in [0.1, 0.15) is 43.8 Å². The van der Waals surface area contributed by atoms with Crippen molar-refractivity contribution in [2.24, 2.45) is 0 Å². The summed E-state index contributed by atoms with van der Waals surface area (Å²) in [5.41, 5.74) is 0.834. The van der Waals surface area contributed by atoms with Crippen LogP contribution in [-0.4, -0.2) is 29.2 Å². The van der Waals surface area contributed by atoms with Crippen molar-refractivity contribution in [3.8, 4) is 5.75 Å². The Labute approximate surface area is 146 Å². The van der Waals surface area contributed by atoms with Crippen LogP contribution in [0.4, 0.5) is 4.79 Å². The Morgan fingerprint density at radius 1 is 1.35 bits per heavy atom. The van der Waals surface area contributed by atoms with Crippen LogP contribution in [-0.2, 0) is 0 Å². The van der Waals surface area contributed by atoms with Crippen LogP contribution >= 0.6 is 23.8 Å². The Morgan fingerprint density at radius 3 is 2.78 bits per heavy atom. The largest absolute Gasteiger partial charge is 0.417 e. The third-order valence-electron chi connectivity index (χ3n) is 4.42. The summed E-state index contributed by atoms with van der Waals surface area (Å²) in [6.45, 7) is 0. The second-order valence-corrected chi connectivity index (χ2v) is 6.72. The monoisotopic (exact) mass is 353 g/mol. The fraction of sp³-hybridized carbons (Fsp3) is 0.500. The third kappa shape index (κ3) is 3.38. The molecular weight excluding hydrogens is 334 g/mol. The average molecular weight is 354 g/mol. The average Bonchev–Trinajstić information content (AvgIpc) is 2.56. The Kier molecular flexibility index (Phi) is 4.92. The van der Waals surface area contributed by atoms with Gasteiger partial charge in [0.15, 0.2) is 5.11 Å². The van der Waals surface area contributed by atoms with Gasteiger partial charge >= 0.3 is 6.09 Å². The molecule has 0 saturated heterocycles. The Bertz CT molecular complexity index is 619. The highest BCUT2D eigenvalue weighted by Gasteiger charge is 2.39. The molecule has 1 fully saturated rings. The lowest BCUT2D eigenvalue weighted by molar-refractivity contribution is 0.0703. The molecule has 1 aliphatic carbocycles. The molecule has 2 aliphatic rings. The first kappa shape index (κ1) is 16.3. The summed E-state index contributed by atoms with van der Waals surface area (Å²) < 4.78 is 5.52. The number of nitrogens with one attached hydrogen (secondary N) is 2. The van der Waals surface area contributed by atoms with E-state index in [4.69, 9.17) is 28.6 Å². The second kappa shape index (κ2) is 6.93. The molecular formula is C16H20ClN3O2S. The van der Waals surface area contributed by atoms with E-state index in [1.165, 1.54) is 6.42 Å². The van der Waals surface area contributed by atoms with Gasteiger partial charge in [0.2, 0.25) is 0 Å². The zero-order chi connectivity index (χ0) is 16.4. The van der Waals surface area contributed by atoms with Gasteiger partial charge in [-0.15, -0.1) is 0 Å². The van der Waals surface area contributed by atoms with Gasteiger partial charge in [-0.2, -0.15) is 0 Å². The van der Waals surface area contributed by atoms with Crippen molar-refractivity contribution in [1.29, 1.82) is 0 Å². The van der Waals surface area contributed by atoms with Crippen LogP contribution in [0.25, 0.3) is 0 Å². The maximum Gasteiger partial charge on any atom is 0.417 e. The van der Waals surface area contributed by atoms with Gasteiger partial charge in [-0.05, 0) is 43.3 Å². The van der Waals surface area contributed by atoms with E-state index in [2.05, 4.69) is 10.6 Å². The molecule has 2 N–H and O–H groups in total. The van der Waals surface area contributed by atoms with Gasteiger partial charge in [0.1, 0.15) is 11.9 Å². The Balaban J connectivity index is 1.98. The van der Waals surface area contributed by atoms with Crippen LogP contribution in [0.3, 0.4) is 0 Å². The molecule has 1 heterocycles. The summed E-state index contributed by atoms with van der Waals surface area (Å²) in [6, 6.07) is 5.43. The summed E-state index contributed by atoms with van der Waals surface area (Å²) >= 11 is 11.4. The number of rotatable bonds is 2. The molecule has 1 aliphatic heterocycles. The number of amides is 1. The van der Waals surface area contributed by atoms with Crippen LogP contribution in [0.5, 0.6) is 5.75 Å². The second-order valence-electron chi connectivity index (χ2n) is 5.88. The van der Waals surface area contributed by atoms with Gasteiger partial charge in [0.25, 0.3) is 0 Å². The van der Waals surface area contributed by atoms with E-state index in [1.807, 2.05) is 6.07 Å². The lowest BCUT2D eigenvalue weighted by Gasteiger charge is -2.42. The predicted molar refractivity (Wildman–Crippen MR) is 93.7 cm³/mol. The first-order valence-corrected chi connectivity index (χ1v) is 8.66. The molecule has 0 bridgehead atoms. The van der Waals surface area contributed by atoms with Crippen molar-refractivity contribution < 1.29 is 9.53 Å². The molecule has 23 heavy (non-hydrogen) atoms. The van der Waals surface area contributed by atoms with E-state index in [0.717, 1.165) is 31.2 Å². The first-order valence-electron chi connectivity index (χ1n) is 7.88. The highest BCUT2D eigenvalue weighted by Crippen LogP contribution is 2.38. The van der Waals surface area contributed by atoms with E-state index in [0.29, 0.717) is 15.9 Å². The summed E-state index contributed by atoms with van der Waals surface area (Å²) in [4.78, 5) is 14.4. The molecule has 7 heteroatoms. The molecule has 124 valence electrons. The van der Waals surface area contributed by atoms with Crippen molar-refractivity contribution in [2.45, 2.75) is 44.3 Å². The third-order valence-corrected chi connectivity index (χ3v) is 4.97. The summed E-state index contributed by atoms with van der Waals surface area (Å²) in [7, 11) is 1.75. The first-order chi connectivity index (χ1) is 11.1. The summed E-state index contributed by atoms with van der Waals surface area (Å²) in [5, 5.41) is 7.21. The number of fused-ring (bicyclic) bond motifs is 1. The topological polar surface area (TPSA) is 53.6 Å². The van der Waals surface area contributed by atoms with Crippen molar-refractivity contribution in [3.05, 3.63) is 28.8 Å². The number of halogens is 1. The maximum atomic E-state index is 12.6. The molecule has 1 unspecified atom stereocenters.